The first kappa shape index (κ1) is 14.9. The van der Waals surface area contributed by atoms with E-state index in [0.29, 0.717) is 13.0 Å². The summed E-state index contributed by atoms with van der Waals surface area (Å²) in [6.07, 6.45) is 0.986. The Balaban J connectivity index is 2.91. The summed E-state index contributed by atoms with van der Waals surface area (Å²) in [5.74, 6) is -1.70. The number of hydrogen-bond acceptors (Lipinski definition) is 4. The molecule has 0 radical (unpaired) electrons. The molecule has 0 fully saturated rings. The van der Waals surface area contributed by atoms with Crippen molar-refractivity contribution < 1.29 is 14.7 Å². The molecule has 0 saturated heterocycles. The van der Waals surface area contributed by atoms with E-state index in [0.717, 1.165) is 0 Å². The molecule has 1 aromatic heterocycles. The minimum absolute atomic E-state index is 0.0350. The van der Waals surface area contributed by atoms with Crippen LogP contribution in [0.25, 0.3) is 0 Å². The number of carbonyl (C=O) groups excluding carboxylic acids is 1. The van der Waals surface area contributed by atoms with Crippen molar-refractivity contribution in [1.29, 1.82) is 0 Å². The highest BCUT2D eigenvalue weighted by Gasteiger charge is 2.19. The number of aryl methyl sites for hydroxylation is 1. The van der Waals surface area contributed by atoms with Crippen molar-refractivity contribution >= 4 is 11.9 Å². The van der Waals surface area contributed by atoms with Crippen LogP contribution in [0, 0.1) is 0 Å². The van der Waals surface area contributed by atoms with Gasteiger partial charge in [0.2, 0.25) is 0 Å². The van der Waals surface area contributed by atoms with Crippen molar-refractivity contribution in [2.45, 2.75) is 39.3 Å². The smallest absolute Gasteiger partial charge is 0.326 e. The Kier molecular flexibility index (Phi) is 5.23. The first-order chi connectivity index (χ1) is 8.99. The molecular formula is C12H17N3O4. The molecule has 0 aliphatic rings. The summed E-state index contributed by atoms with van der Waals surface area (Å²) in [7, 11) is 0. The Morgan fingerprint density at radius 3 is 2.63 bits per heavy atom. The zero-order valence-electron chi connectivity index (χ0n) is 10.9. The Morgan fingerprint density at radius 2 is 2.11 bits per heavy atom. The van der Waals surface area contributed by atoms with E-state index in [9.17, 15) is 14.4 Å². The summed E-state index contributed by atoms with van der Waals surface area (Å²) in [4.78, 5) is 34.1. The maximum atomic E-state index is 11.8. The summed E-state index contributed by atoms with van der Waals surface area (Å²) in [5.41, 5.74) is -0.253. The minimum Gasteiger partial charge on any atom is -0.480 e. The number of nitrogens with zero attached hydrogens (tertiary/aromatic N) is 2. The molecule has 7 heteroatoms. The van der Waals surface area contributed by atoms with Gasteiger partial charge in [-0.2, -0.15) is 5.10 Å². The summed E-state index contributed by atoms with van der Waals surface area (Å²) in [5, 5.41) is 15.1. The Bertz CT molecular complexity index is 524. The van der Waals surface area contributed by atoms with Gasteiger partial charge in [0.25, 0.3) is 11.5 Å². The molecule has 19 heavy (non-hydrogen) atoms. The van der Waals surface area contributed by atoms with Crippen LogP contribution in [0.3, 0.4) is 0 Å². The lowest BCUT2D eigenvalue weighted by atomic mass is 10.2. The SMILES string of the molecule is CCCn1nc(C(=O)N[C@H](CC)C(=O)O)ccc1=O. The van der Waals surface area contributed by atoms with Crippen molar-refractivity contribution in [3.05, 3.63) is 28.2 Å². The minimum atomic E-state index is -1.10. The highest BCUT2D eigenvalue weighted by atomic mass is 16.4. The van der Waals surface area contributed by atoms with Gasteiger partial charge in [0.05, 0.1) is 0 Å². The largest absolute Gasteiger partial charge is 0.480 e. The van der Waals surface area contributed by atoms with Crippen LogP contribution in [-0.2, 0) is 11.3 Å². The van der Waals surface area contributed by atoms with Crippen LogP contribution in [0.4, 0.5) is 0 Å². The lowest BCUT2D eigenvalue weighted by Crippen LogP contribution is -2.41. The molecular weight excluding hydrogens is 250 g/mol. The number of nitrogens with one attached hydrogen (secondary N) is 1. The van der Waals surface area contributed by atoms with Gasteiger partial charge in [-0.05, 0) is 18.9 Å². The van der Waals surface area contributed by atoms with E-state index < -0.39 is 17.9 Å². The molecule has 1 amide bonds. The Morgan fingerprint density at radius 1 is 1.42 bits per heavy atom. The number of hydrogen-bond donors (Lipinski definition) is 2. The number of carboxylic acid groups (broad SMARTS) is 1. The molecule has 2 N–H and O–H groups in total. The first-order valence-corrected chi connectivity index (χ1v) is 6.11. The van der Waals surface area contributed by atoms with Crippen LogP contribution in [0.5, 0.6) is 0 Å². The molecule has 0 aliphatic carbocycles. The number of rotatable bonds is 6. The maximum Gasteiger partial charge on any atom is 0.326 e. The van der Waals surface area contributed by atoms with Gasteiger partial charge < -0.3 is 10.4 Å². The molecule has 7 nitrogen and oxygen atoms in total. The molecule has 0 aromatic carbocycles. The third-order valence-corrected chi connectivity index (χ3v) is 2.55. The Hall–Kier alpha value is -2.18. The van der Waals surface area contributed by atoms with Crippen molar-refractivity contribution in [2.24, 2.45) is 0 Å². The molecule has 0 unspecified atom stereocenters. The van der Waals surface area contributed by atoms with E-state index in [1.165, 1.54) is 16.8 Å². The molecule has 0 aliphatic heterocycles. The first-order valence-electron chi connectivity index (χ1n) is 6.11. The zero-order chi connectivity index (χ0) is 14.4. The van der Waals surface area contributed by atoms with E-state index in [4.69, 9.17) is 5.11 Å². The van der Waals surface area contributed by atoms with E-state index in [-0.39, 0.29) is 17.7 Å². The fourth-order valence-corrected chi connectivity index (χ4v) is 1.51. The second kappa shape index (κ2) is 6.67. The molecule has 0 bridgehead atoms. The van der Waals surface area contributed by atoms with E-state index in [1.807, 2.05) is 6.92 Å². The lowest BCUT2D eigenvalue weighted by molar-refractivity contribution is -0.139. The number of amides is 1. The van der Waals surface area contributed by atoms with Crippen molar-refractivity contribution in [2.75, 3.05) is 0 Å². The fraction of sp³-hybridized carbons (Fsp3) is 0.500. The van der Waals surface area contributed by atoms with E-state index in [1.54, 1.807) is 6.92 Å². The highest BCUT2D eigenvalue weighted by Crippen LogP contribution is 1.96. The zero-order valence-corrected chi connectivity index (χ0v) is 10.9. The molecule has 0 spiro atoms. The van der Waals surface area contributed by atoms with Crippen LogP contribution in [-0.4, -0.2) is 32.8 Å². The normalized spacial score (nSPS) is 11.9. The molecule has 104 valence electrons. The van der Waals surface area contributed by atoms with Gasteiger partial charge in [-0.3, -0.25) is 9.59 Å². The number of carbonyl (C=O) groups is 2. The van der Waals surface area contributed by atoms with Crippen LogP contribution < -0.4 is 10.9 Å². The molecule has 0 saturated carbocycles. The molecule has 1 heterocycles. The van der Waals surface area contributed by atoms with Gasteiger partial charge >= 0.3 is 5.97 Å². The van der Waals surface area contributed by atoms with E-state index >= 15 is 0 Å². The monoisotopic (exact) mass is 267 g/mol. The number of aromatic nitrogens is 2. The van der Waals surface area contributed by atoms with Gasteiger partial charge in [0, 0.05) is 12.6 Å². The third kappa shape index (κ3) is 3.90. The predicted molar refractivity (Wildman–Crippen MR) is 68.0 cm³/mol. The van der Waals surface area contributed by atoms with Crippen LogP contribution in [0.1, 0.15) is 37.2 Å². The maximum absolute atomic E-state index is 11.8. The van der Waals surface area contributed by atoms with Gasteiger partial charge in [0.15, 0.2) is 0 Å². The second-order valence-corrected chi connectivity index (χ2v) is 4.05. The average molecular weight is 267 g/mol. The molecule has 1 rings (SSSR count). The van der Waals surface area contributed by atoms with Gasteiger partial charge in [-0.25, -0.2) is 9.48 Å². The topological polar surface area (TPSA) is 101 Å². The molecule has 1 atom stereocenters. The van der Waals surface area contributed by atoms with Crippen molar-refractivity contribution in [1.82, 2.24) is 15.1 Å². The van der Waals surface area contributed by atoms with E-state index in [2.05, 4.69) is 10.4 Å². The van der Waals surface area contributed by atoms with Crippen molar-refractivity contribution in [3.63, 3.8) is 0 Å². The summed E-state index contributed by atoms with van der Waals surface area (Å²) in [6.45, 7) is 3.96. The van der Waals surface area contributed by atoms with Crippen LogP contribution in [0.2, 0.25) is 0 Å². The standard InChI is InChI=1S/C12H17N3O4/c1-3-7-15-10(16)6-5-9(14-15)11(17)13-8(4-2)12(18)19/h5-6,8H,3-4,7H2,1-2H3,(H,13,17)(H,18,19)/t8-/m1/s1. The van der Waals surface area contributed by atoms with Gasteiger partial charge in [-0.1, -0.05) is 13.8 Å². The van der Waals surface area contributed by atoms with Crippen LogP contribution in [0.15, 0.2) is 16.9 Å². The third-order valence-electron chi connectivity index (χ3n) is 2.55. The fourth-order valence-electron chi connectivity index (χ4n) is 1.51. The lowest BCUT2D eigenvalue weighted by Gasteiger charge is -2.12. The quantitative estimate of drug-likeness (QED) is 0.769. The van der Waals surface area contributed by atoms with Gasteiger partial charge in [0.1, 0.15) is 11.7 Å². The number of carboxylic acids is 1. The molecule has 1 aromatic rings. The summed E-state index contributed by atoms with van der Waals surface area (Å²) >= 11 is 0. The van der Waals surface area contributed by atoms with Crippen LogP contribution >= 0.6 is 0 Å². The number of aliphatic carboxylic acids is 1. The van der Waals surface area contributed by atoms with Crippen molar-refractivity contribution in [3.8, 4) is 0 Å². The predicted octanol–water partition coefficient (Wildman–Crippen LogP) is 0.246. The highest BCUT2D eigenvalue weighted by molar-refractivity contribution is 5.94. The summed E-state index contributed by atoms with van der Waals surface area (Å²) in [6, 6.07) is 1.58. The van der Waals surface area contributed by atoms with Gasteiger partial charge in [-0.15, -0.1) is 0 Å². The summed E-state index contributed by atoms with van der Waals surface area (Å²) < 4.78 is 1.19. The average Bonchev–Trinajstić information content (AvgIpc) is 2.38. The second-order valence-electron chi connectivity index (χ2n) is 4.05. The Labute approximate surface area is 110 Å².